The molecular formula is C17H11BrFNO2S. The summed E-state index contributed by atoms with van der Waals surface area (Å²) in [6.45, 7) is 0. The van der Waals surface area contributed by atoms with Gasteiger partial charge in [-0.3, -0.25) is 4.79 Å². The highest BCUT2D eigenvalue weighted by molar-refractivity contribution is 9.10. The zero-order valence-electron chi connectivity index (χ0n) is 11.8. The van der Waals surface area contributed by atoms with E-state index in [4.69, 9.17) is 5.11 Å². The lowest BCUT2D eigenvalue weighted by Gasteiger charge is -2.00. The Balaban J connectivity index is 2.12. The molecule has 0 aliphatic rings. The largest absolute Gasteiger partial charge is 0.481 e. The van der Waals surface area contributed by atoms with Crippen molar-refractivity contribution in [3.05, 3.63) is 63.7 Å². The summed E-state index contributed by atoms with van der Waals surface area (Å²) in [4.78, 5) is 16.4. The quantitative estimate of drug-likeness (QED) is 0.680. The first-order valence-corrected chi connectivity index (χ1v) is 8.38. The van der Waals surface area contributed by atoms with Gasteiger partial charge in [-0.1, -0.05) is 34.1 Å². The maximum atomic E-state index is 13.1. The predicted molar refractivity (Wildman–Crippen MR) is 92.0 cm³/mol. The molecule has 0 spiro atoms. The molecule has 0 fully saturated rings. The molecule has 6 heteroatoms. The van der Waals surface area contributed by atoms with Gasteiger partial charge < -0.3 is 5.11 Å². The fourth-order valence-corrected chi connectivity index (χ4v) is 3.91. The van der Waals surface area contributed by atoms with Crippen molar-refractivity contribution in [1.82, 2.24) is 4.98 Å². The third-order valence-electron chi connectivity index (χ3n) is 3.23. The van der Waals surface area contributed by atoms with Crippen LogP contribution in [0.5, 0.6) is 0 Å². The number of thiazole rings is 1. The molecule has 0 unspecified atom stereocenters. The van der Waals surface area contributed by atoms with E-state index in [0.717, 1.165) is 15.0 Å². The molecule has 0 saturated heterocycles. The van der Waals surface area contributed by atoms with Gasteiger partial charge in [-0.2, -0.15) is 0 Å². The highest BCUT2D eigenvalue weighted by Crippen LogP contribution is 2.37. The van der Waals surface area contributed by atoms with Crippen LogP contribution in [0.4, 0.5) is 4.39 Å². The lowest BCUT2D eigenvalue weighted by molar-refractivity contribution is -0.136. The highest BCUT2D eigenvalue weighted by Gasteiger charge is 2.17. The van der Waals surface area contributed by atoms with Crippen LogP contribution < -0.4 is 0 Å². The number of aromatic nitrogens is 1. The molecule has 3 aromatic rings. The van der Waals surface area contributed by atoms with Crippen LogP contribution >= 0.6 is 27.3 Å². The van der Waals surface area contributed by atoms with Gasteiger partial charge in [-0.05, 0) is 30.3 Å². The first-order chi connectivity index (χ1) is 11.0. The molecule has 0 saturated carbocycles. The summed E-state index contributed by atoms with van der Waals surface area (Å²) in [5.74, 6) is -1.26. The van der Waals surface area contributed by atoms with E-state index in [1.807, 2.05) is 24.3 Å². The summed E-state index contributed by atoms with van der Waals surface area (Å²) in [5.41, 5.74) is 2.19. The molecule has 116 valence electrons. The molecular weight excluding hydrogens is 381 g/mol. The van der Waals surface area contributed by atoms with Crippen LogP contribution in [0, 0.1) is 5.82 Å². The van der Waals surface area contributed by atoms with E-state index in [2.05, 4.69) is 20.9 Å². The van der Waals surface area contributed by atoms with Gasteiger partial charge in [0.05, 0.1) is 12.1 Å². The van der Waals surface area contributed by atoms with Crippen LogP contribution in [-0.2, 0) is 11.2 Å². The molecule has 0 aliphatic carbocycles. The zero-order valence-corrected chi connectivity index (χ0v) is 14.2. The molecule has 0 aliphatic heterocycles. The average Bonchev–Trinajstić information content (AvgIpc) is 2.91. The Labute approximate surface area is 144 Å². The van der Waals surface area contributed by atoms with Crippen molar-refractivity contribution in [2.75, 3.05) is 0 Å². The molecule has 2 aromatic carbocycles. The minimum Gasteiger partial charge on any atom is -0.481 e. The zero-order chi connectivity index (χ0) is 16.4. The van der Waals surface area contributed by atoms with E-state index in [-0.39, 0.29) is 12.2 Å². The van der Waals surface area contributed by atoms with Crippen LogP contribution in [0.15, 0.2) is 53.0 Å². The van der Waals surface area contributed by atoms with E-state index in [1.54, 1.807) is 12.1 Å². The first-order valence-electron chi connectivity index (χ1n) is 6.77. The second-order valence-corrected chi connectivity index (χ2v) is 6.79. The van der Waals surface area contributed by atoms with Crippen LogP contribution in [-0.4, -0.2) is 16.1 Å². The third-order valence-corrected chi connectivity index (χ3v) is 5.01. The average molecular weight is 392 g/mol. The predicted octanol–water partition coefficient (Wildman–Crippen LogP) is 5.01. The minimum atomic E-state index is -0.921. The minimum absolute atomic E-state index is 0.116. The van der Waals surface area contributed by atoms with Crippen molar-refractivity contribution in [2.45, 2.75) is 6.42 Å². The molecule has 1 N–H and O–H groups in total. The number of hydrogen-bond donors (Lipinski definition) is 1. The number of aliphatic carboxylic acids is 1. The molecule has 1 aromatic heterocycles. The number of nitrogens with zero attached hydrogens (tertiary/aromatic N) is 1. The van der Waals surface area contributed by atoms with Gasteiger partial charge in [0.25, 0.3) is 0 Å². The van der Waals surface area contributed by atoms with Gasteiger partial charge in [-0.15, -0.1) is 11.3 Å². The molecule has 1 heterocycles. The summed E-state index contributed by atoms with van der Waals surface area (Å²) in [6.07, 6.45) is -0.116. The molecule has 0 radical (unpaired) electrons. The summed E-state index contributed by atoms with van der Waals surface area (Å²) in [6, 6.07) is 13.5. The van der Waals surface area contributed by atoms with E-state index in [0.29, 0.717) is 16.1 Å². The monoisotopic (exact) mass is 391 g/mol. The van der Waals surface area contributed by atoms with Gasteiger partial charge >= 0.3 is 5.97 Å². The van der Waals surface area contributed by atoms with Gasteiger partial charge in [0.2, 0.25) is 0 Å². The number of halogens is 2. The van der Waals surface area contributed by atoms with Gasteiger partial charge in [0.15, 0.2) is 0 Å². The molecule has 0 bridgehead atoms. The second-order valence-electron chi connectivity index (χ2n) is 4.85. The van der Waals surface area contributed by atoms with Crippen LogP contribution in [0.2, 0.25) is 0 Å². The van der Waals surface area contributed by atoms with Gasteiger partial charge in [0, 0.05) is 20.5 Å². The van der Waals surface area contributed by atoms with Crippen molar-refractivity contribution in [1.29, 1.82) is 0 Å². The van der Waals surface area contributed by atoms with Crippen LogP contribution in [0.1, 0.15) is 4.88 Å². The Morgan fingerprint density at radius 1 is 1.17 bits per heavy atom. The number of benzene rings is 2. The summed E-state index contributed by atoms with van der Waals surface area (Å²) in [5, 5.41) is 9.86. The van der Waals surface area contributed by atoms with Gasteiger partial charge in [-0.25, -0.2) is 9.37 Å². The van der Waals surface area contributed by atoms with Crippen molar-refractivity contribution in [3.8, 4) is 21.8 Å². The molecule has 3 rings (SSSR count). The standard InChI is InChI=1S/C17H11BrFNO2S/c18-13-4-2-1-3-12(13)17-20-16(14(23-17)9-15(21)22)10-5-7-11(19)8-6-10/h1-8H,9H2,(H,21,22). The smallest absolute Gasteiger partial charge is 0.308 e. The van der Waals surface area contributed by atoms with Crippen LogP contribution in [0.3, 0.4) is 0 Å². The Hall–Kier alpha value is -2.05. The lowest BCUT2D eigenvalue weighted by Crippen LogP contribution is -1.99. The SMILES string of the molecule is O=C(O)Cc1sc(-c2ccccc2Br)nc1-c1ccc(F)cc1. The van der Waals surface area contributed by atoms with Gasteiger partial charge in [0.1, 0.15) is 10.8 Å². The van der Waals surface area contributed by atoms with Crippen molar-refractivity contribution < 1.29 is 14.3 Å². The summed E-state index contributed by atoms with van der Waals surface area (Å²) in [7, 11) is 0. The van der Waals surface area contributed by atoms with E-state index in [1.165, 1.54) is 23.5 Å². The van der Waals surface area contributed by atoms with E-state index >= 15 is 0 Å². The van der Waals surface area contributed by atoms with E-state index < -0.39 is 5.97 Å². The lowest BCUT2D eigenvalue weighted by atomic mass is 10.1. The molecule has 0 amide bonds. The molecule has 23 heavy (non-hydrogen) atoms. The van der Waals surface area contributed by atoms with Crippen molar-refractivity contribution in [3.63, 3.8) is 0 Å². The Morgan fingerprint density at radius 2 is 1.87 bits per heavy atom. The maximum Gasteiger partial charge on any atom is 0.308 e. The number of carbonyl (C=O) groups is 1. The van der Waals surface area contributed by atoms with E-state index in [9.17, 15) is 9.18 Å². The van der Waals surface area contributed by atoms with Crippen molar-refractivity contribution in [2.24, 2.45) is 0 Å². The third kappa shape index (κ3) is 3.48. The maximum absolute atomic E-state index is 13.1. The highest BCUT2D eigenvalue weighted by atomic mass is 79.9. The summed E-state index contributed by atoms with van der Waals surface area (Å²) >= 11 is 4.82. The Kier molecular flexibility index (Phi) is 4.54. The number of carboxylic acids is 1. The molecule has 3 nitrogen and oxygen atoms in total. The second kappa shape index (κ2) is 6.60. The summed E-state index contributed by atoms with van der Waals surface area (Å²) < 4.78 is 14.0. The Morgan fingerprint density at radius 3 is 2.52 bits per heavy atom. The molecule has 0 atom stereocenters. The number of rotatable bonds is 4. The fraction of sp³-hybridized carbons (Fsp3) is 0.0588. The fourth-order valence-electron chi connectivity index (χ4n) is 2.19. The normalized spacial score (nSPS) is 10.7. The van der Waals surface area contributed by atoms with Crippen LogP contribution in [0.25, 0.3) is 21.8 Å². The topological polar surface area (TPSA) is 50.2 Å². The first kappa shape index (κ1) is 15.8. The Bertz CT molecular complexity index is 861. The number of hydrogen-bond acceptors (Lipinski definition) is 3. The van der Waals surface area contributed by atoms with Crippen molar-refractivity contribution >= 4 is 33.2 Å². The number of carboxylic acid groups (broad SMARTS) is 1.